The van der Waals surface area contributed by atoms with Gasteiger partial charge in [0, 0.05) is 15.6 Å². The van der Waals surface area contributed by atoms with Gasteiger partial charge in [0.1, 0.15) is 17.1 Å². The van der Waals surface area contributed by atoms with Gasteiger partial charge in [-0.05, 0) is 56.3 Å². The van der Waals surface area contributed by atoms with Gasteiger partial charge in [-0.1, -0.05) is 46.3 Å². The Kier molecular flexibility index (Phi) is 6.26. The van der Waals surface area contributed by atoms with Gasteiger partial charge >= 0.3 is 5.97 Å². The SMILES string of the molecule is CC(C)Oc1ccc(Br)cc1C(=O)Oc1ccc(C(=O)c2ccccc2)cc1. The summed E-state index contributed by atoms with van der Waals surface area (Å²) in [7, 11) is 0. The quantitative estimate of drug-likeness (QED) is 0.282. The van der Waals surface area contributed by atoms with E-state index < -0.39 is 5.97 Å². The molecule has 0 bridgehead atoms. The predicted molar refractivity (Wildman–Crippen MR) is 111 cm³/mol. The minimum Gasteiger partial charge on any atom is -0.490 e. The van der Waals surface area contributed by atoms with Gasteiger partial charge < -0.3 is 9.47 Å². The molecule has 0 heterocycles. The molecular weight excluding hydrogens is 420 g/mol. The van der Waals surface area contributed by atoms with Crippen molar-refractivity contribution < 1.29 is 19.1 Å². The third kappa shape index (κ3) is 4.87. The third-order valence-electron chi connectivity index (χ3n) is 3.89. The van der Waals surface area contributed by atoms with Crippen molar-refractivity contribution in [3.05, 3.63) is 94.0 Å². The van der Waals surface area contributed by atoms with Crippen molar-refractivity contribution in [3.63, 3.8) is 0 Å². The molecule has 0 aliphatic rings. The molecule has 0 aliphatic heterocycles. The molecular formula is C23H19BrO4. The van der Waals surface area contributed by atoms with Crippen LogP contribution < -0.4 is 9.47 Å². The molecule has 0 fully saturated rings. The minimum atomic E-state index is -0.529. The maximum absolute atomic E-state index is 12.6. The van der Waals surface area contributed by atoms with E-state index in [1.54, 1.807) is 54.6 Å². The summed E-state index contributed by atoms with van der Waals surface area (Å²) in [4.78, 5) is 25.1. The highest BCUT2D eigenvalue weighted by molar-refractivity contribution is 9.10. The molecule has 0 amide bonds. The zero-order valence-corrected chi connectivity index (χ0v) is 17.1. The second kappa shape index (κ2) is 8.85. The highest BCUT2D eigenvalue weighted by Crippen LogP contribution is 2.26. The Bertz CT molecular complexity index is 979. The van der Waals surface area contributed by atoms with E-state index in [1.165, 1.54) is 0 Å². The number of hydrogen-bond donors (Lipinski definition) is 0. The summed E-state index contributed by atoms with van der Waals surface area (Å²) < 4.78 is 11.9. The molecule has 3 rings (SSSR count). The van der Waals surface area contributed by atoms with E-state index >= 15 is 0 Å². The Balaban J connectivity index is 1.77. The topological polar surface area (TPSA) is 52.6 Å². The van der Waals surface area contributed by atoms with Crippen LogP contribution in [0.5, 0.6) is 11.5 Å². The van der Waals surface area contributed by atoms with Crippen molar-refractivity contribution in [2.75, 3.05) is 0 Å². The zero-order valence-electron chi connectivity index (χ0n) is 15.5. The number of carbonyl (C=O) groups excluding carboxylic acids is 2. The molecule has 0 saturated heterocycles. The second-order valence-electron chi connectivity index (χ2n) is 6.42. The number of carbonyl (C=O) groups is 2. The minimum absolute atomic E-state index is 0.0731. The van der Waals surface area contributed by atoms with Crippen LogP contribution in [0.25, 0.3) is 0 Å². The van der Waals surface area contributed by atoms with Crippen molar-refractivity contribution >= 4 is 27.7 Å². The summed E-state index contributed by atoms with van der Waals surface area (Å²) in [5.74, 6) is 0.196. The lowest BCUT2D eigenvalue weighted by molar-refractivity contribution is 0.0728. The molecule has 0 aromatic heterocycles. The highest BCUT2D eigenvalue weighted by Gasteiger charge is 2.17. The van der Waals surface area contributed by atoms with Crippen LogP contribution >= 0.6 is 15.9 Å². The third-order valence-corrected chi connectivity index (χ3v) is 4.38. The zero-order chi connectivity index (χ0) is 20.1. The fourth-order valence-corrected chi connectivity index (χ4v) is 2.97. The summed E-state index contributed by atoms with van der Waals surface area (Å²) in [5.41, 5.74) is 1.46. The molecule has 142 valence electrons. The number of esters is 1. The van der Waals surface area contributed by atoms with Gasteiger partial charge in [0.05, 0.1) is 6.10 Å². The Labute approximate surface area is 172 Å². The average molecular weight is 439 g/mol. The van der Waals surface area contributed by atoms with Gasteiger partial charge in [-0.2, -0.15) is 0 Å². The number of halogens is 1. The Hall–Kier alpha value is -2.92. The summed E-state index contributed by atoms with van der Waals surface area (Å²) in [6.45, 7) is 3.78. The van der Waals surface area contributed by atoms with Crippen molar-refractivity contribution in [1.29, 1.82) is 0 Å². The van der Waals surface area contributed by atoms with Crippen LogP contribution in [0.15, 0.2) is 77.3 Å². The molecule has 28 heavy (non-hydrogen) atoms. The van der Waals surface area contributed by atoms with E-state index in [-0.39, 0.29) is 11.9 Å². The van der Waals surface area contributed by atoms with Crippen LogP contribution in [0.4, 0.5) is 0 Å². The van der Waals surface area contributed by atoms with Gasteiger partial charge in [-0.3, -0.25) is 4.79 Å². The van der Waals surface area contributed by atoms with Gasteiger partial charge in [-0.15, -0.1) is 0 Å². The van der Waals surface area contributed by atoms with E-state index in [0.29, 0.717) is 28.2 Å². The molecule has 0 aliphatic carbocycles. The highest BCUT2D eigenvalue weighted by atomic mass is 79.9. The van der Waals surface area contributed by atoms with Crippen molar-refractivity contribution in [3.8, 4) is 11.5 Å². The molecule has 3 aromatic rings. The largest absolute Gasteiger partial charge is 0.490 e. The molecule has 3 aromatic carbocycles. The van der Waals surface area contributed by atoms with Gasteiger partial charge in [0.2, 0.25) is 0 Å². The van der Waals surface area contributed by atoms with E-state index in [4.69, 9.17) is 9.47 Å². The summed E-state index contributed by atoms with van der Waals surface area (Å²) >= 11 is 3.36. The van der Waals surface area contributed by atoms with Crippen molar-refractivity contribution in [2.24, 2.45) is 0 Å². The van der Waals surface area contributed by atoms with Crippen LogP contribution in [0, 0.1) is 0 Å². The summed E-state index contributed by atoms with van der Waals surface area (Å²) in [5, 5.41) is 0. The van der Waals surface area contributed by atoms with Gasteiger partial charge in [-0.25, -0.2) is 4.79 Å². The van der Waals surface area contributed by atoms with E-state index in [0.717, 1.165) is 4.47 Å². The molecule has 0 spiro atoms. The van der Waals surface area contributed by atoms with Crippen LogP contribution in [0.1, 0.15) is 40.1 Å². The molecule has 0 atom stereocenters. The van der Waals surface area contributed by atoms with E-state index in [1.807, 2.05) is 32.0 Å². The Morgan fingerprint density at radius 1 is 0.857 bits per heavy atom. The number of ether oxygens (including phenoxy) is 2. The molecule has 0 radical (unpaired) electrons. The Morgan fingerprint density at radius 2 is 1.50 bits per heavy atom. The molecule has 4 nitrogen and oxygen atoms in total. The first-order valence-corrected chi connectivity index (χ1v) is 9.61. The van der Waals surface area contributed by atoms with Crippen LogP contribution in [-0.2, 0) is 0 Å². The molecule has 0 saturated carbocycles. The standard InChI is InChI=1S/C23H19BrO4/c1-15(2)27-21-13-10-18(24)14-20(21)23(26)28-19-11-8-17(9-12-19)22(25)16-6-4-3-5-7-16/h3-15H,1-2H3. The second-order valence-corrected chi connectivity index (χ2v) is 7.33. The van der Waals surface area contributed by atoms with Gasteiger partial charge in [0.15, 0.2) is 5.78 Å². The van der Waals surface area contributed by atoms with Crippen molar-refractivity contribution in [2.45, 2.75) is 20.0 Å². The van der Waals surface area contributed by atoms with Crippen LogP contribution in [0.3, 0.4) is 0 Å². The molecule has 0 N–H and O–H groups in total. The lowest BCUT2D eigenvalue weighted by atomic mass is 10.0. The van der Waals surface area contributed by atoms with E-state index in [2.05, 4.69) is 15.9 Å². The average Bonchev–Trinajstić information content (AvgIpc) is 2.69. The molecule has 5 heteroatoms. The fourth-order valence-electron chi connectivity index (χ4n) is 2.61. The number of benzene rings is 3. The number of hydrogen-bond acceptors (Lipinski definition) is 4. The molecule has 0 unspecified atom stereocenters. The smallest absolute Gasteiger partial charge is 0.347 e. The summed E-state index contributed by atoms with van der Waals surface area (Å²) in [6.07, 6.45) is -0.0731. The normalized spacial score (nSPS) is 10.6. The maximum atomic E-state index is 12.6. The maximum Gasteiger partial charge on any atom is 0.347 e. The number of ketones is 1. The fraction of sp³-hybridized carbons (Fsp3) is 0.130. The number of rotatable bonds is 6. The Morgan fingerprint density at radius 3 is 2.14 bits per heavy atom. The van der Waals surface area contributed by atoms with Crippen LogP contribution in [-0.4, -0.2) is 17.9 Å². The first-order valence-electron chi connectivity index (χ1n) is 8.82. The summed E-state index contributed by atoms with van der Waals surface area (Å²) in [6, 6.07) is 20.7. The lowest BCUT2D eigenvalue weighted by Gasteiger charge is -2.14. The van der Waals surface area contributed by atoms with Gasteiger partial charge in [0.25, 0.3) is 0 Å². The first-order chi connectivity index (χ1) is 13.4. The van der Waals surface area contributed by atoms with Crippen LogP contribution in [0.2, 0.25) is 0 Å². The van der Waals surface area contributed by atoms with E-state index in [9.17, 15) is 9.59 Å². The predicted octanol–water partition coefficient (Wildman–Crippen LogP) is 5.69. The monoisotopic (exact) mass is 438 g/mol. The first kappa shape index (κ1) is 19.8. The van der Waals surface area contributed by atoms with Crippen molar-refractivity contribution in [1.82, 2.24) is 0 Å². The lowest BCUT2D eigenvalue weighted by Crippen LogP contribution is -2.14.